The molecule has 1 atom stereocenters. The number of hydrogen-bond acceptors (Lipinski definition) is 2. The van der Waals surface area contributed by atoms with E-state index in [0.717, 1.165) is 12.0 Å². The number of halogens is 2. The van der Waals surface area contributed by atoms with Gasteiger partial charge >= 0.3 is 0 Å². The van der Waals surface area contributed by atoms with Gasteiger partial charge in [-0.1, -0.05) is 54.4 Å². The van der Waals surface area contributed by atoms with E-state index >= 15 is 0 Å². The molecule has 0 radical (unpaired) electrons. The highest BCUT2D eigenvalue weighted by molar-refractivity contribution is 6.39. The summed E-state index contributed by atoms with van der Waals surface area (Å²) < 4.78 is 0. The van der Waals surface area contributed by atoms with Gasteiger partial charge in [-0.25, -0.2) is 0 Å². The van der Waals surface area contributed by atoms with E-state index in [1.165, 1.54) is 0 Å². The van der Waals surface area contributed by atoms with Crippen LogP contribution in [0.5, 0.6) is 5.75 Å². The SMILES string of the molecule is CCC(Nc1c(Cl)cccc1Cl)c1ccccc1O. The number of phenols is 1. The summed E-state index contributed by atoms with van der Waals surface area (Å²) in [6, 6.07) is 12.6. The van der Waals surface area contributed by atoms with Crippen molar-refractivity contribution in [1.82, 2.24) is 0 Å². The molecule has 0 aromatic heterocycles. The molecule has 0 saturated carbocycles. The van der Waals surface area contributed by atoms with Crippen LogP contribution in [0, 0.1) is 0 Å². The summed E-state index contributed by atoms with van der Waals surface area (Å²) in [5.74, 6) is 0.269. The number of phenolic OH excluding ortho intramolecular Hbond substituents is 1. The molecule has 0 aliphatic heterocycles. The smallest absolute Gasteiger partial charge is 0.120 e. The standard InChI is InChI=1S/C15H15Cl2NO/c1-2-13(10-6-3-4-9-14(10)19)18-15-11(16)7-5-8-12(15)17/h3-9,13,18-19H,2H2,1H3. The molecule has 100 valence electrons. The van der Waals surface area contributed by atoms with Crippen LogP contribution in [-0.4, -0.2) is 5.11 Å². The Hall–Kier alpha value is -1.38. The minimum absolute atomic E-state index is 0.0430. The second-order valence-electron chi connectivity index (χ2n) is 4.26. The van der Waals surface area contributed by atoms with Crippen molar-refractivity contribution in [3.8, 4) is 5.75 Å². The van der Waals surface area contributed by atoms with E-state index in [1.807, 2.05) is 19.1 Å². The fourth-order valence-electron chi connectivity index (χ4n) is 1.99. The molecule has 0 fully saturated rings. The molecule has 2 aromatic carbocycles. The number of para-hydroxylation sites is 2. The van der Waals surface area contributed by atoms with Crippen LogP contribution in [0.15, 0.2) is 42.5 Å². The van der Waals surface area contributed by atoms with E-state index in [-0.39, 0.29) is 11.8 Å². The Bertz CT molecular complexity index is 552. The molecule has 2 rings (SSSR count). The van der Waals surface area contributed by atoms with Crippen LogP contribution in [0.25, 0.3) is 0 Å². The van der Waals surface area contributed by atoms with Gasteiger partial charge in [-0.3, -0.25) is 0 Å². The topological polar surface area (TPSA) is 32.3 Å². The summed E-state index contributed by atoms with van der Waals surface area (Å²) in [5.41, 5.74) is 1.53. The van der Waals surface area contributed by atoms with Crippen LogP contribution < -0.4 is 5.32 Å². The quantitative estimate of drug-likeness (QED) is 0.806. The molecular formula is C15H15Cl2NO. The molecule has 0 spiro atoms. The van der Waals surface area contributed by atoms with Gasteiger partial charge in [-0.2, -0.15) is 0 Å². The van der Waals surface area contributed by atoms with Crippen molar-refractivity contribution in [2.24, 2.45) is 0 Å². The Morgan fingerprint density at radius 3 is 2.26 bits per heavy atom. The normalized spacial score (nSPS) is 12.2. The Morgan fingerprint density at radius 2 is 1.68 bits per heavy atom. The van der Waals surface area contributed by atoms with Crippen LogP contribution in [0.2, 0.25) is 10.0 Å². The predicted octanol–water partition coefficient (Wildman–Crippen LogP) is 5.26. The predicted molar refractivity (Wildman–Crippen MR) is 81.2 cm³/mol. The van der Waals surface area contributed by atoms with E-state index in [2.05, 4.69) is 5.32 Å². The summed E-state index contributed by atoms with van der Waals surface area (Å²) in [6.07, 6.45) is 0.805. The van der Waals surface area contributed by atoms with E-state index in [4.69, 9.17) is 23.2 Å². The van der Waals surface area contributed by atoms with Crippen molar-refractivity contribution in [2.45, 2.75) is 19.4 Å². The maximum atomic E-state index is 9.92. The lowest BCUT2D eigenvalue weighted by Crippen LogP contribution is -2.10. The molecular weight excluding hydrogens is 281 g/mol. The molecule has 2 N–H and O–H groups in total. The van der Waals surface area contributed by atoms with Gasteiger partial charge in [-0.05, 0) is 24.6 Å². The minimum atomic E-state index is -0.0430. The molecule has 19 heavy (non-hydrogen) atoms. The van der Waals surface area contributed by atoms with Gasteiger partial charge in [0.1, 0.15) is 5.75 Å². The van der Waals surface area contributed by atoms with Gasteiger partial charge in [0, 0.05) is 5.56 Å². The van der Waals surface area contributed by atoms with Crippen molar-refractivity contribution < 1.29 is 5.11 Å². The van der Waals surface area contributed by atoms with Crippen molar-refractivity contribution in [3.05, 3.63) is 58.1 Å². The zero-order chi connectivity index (χ0) is 13.8. The summed E-state index contributed by atoms with van der Waals surface area (Å²) in [4.78, 5) is 0. The molecule has 2 aromatic rings. The molecule has 0 amide bonds. The Balaban J connectivity index is 2.32. The van der Waals surface area contributed by atoms with Gasteiger partial charge in [0.15, 0.2) is 0 Å². The molecule has 0 bridgehead atoms. The monoisotopic (exact) mass is 295 g/mol. The summed E-state index contributed by atoms with van der Waals surface area (Å²) in [6.45, 7) is 2.04. The molecule has 1 unspecified atom stereocenters. The number of rotatable bonds is 4. The van der Waals surface area contributed by atoms with Crippen molar-refractivity contribution in [1.29, 1.82) is 0 Å². The Labute approximate surface area is 123 Å². The van der Waals surface area contributed by atoms with E-state index in [0.29, 0.717) is 15.7 Å². The van der Waals surface area contributed by atoms with Crippen LogP contribution in [0.4, 0.5) is 5.69 Å². The largest absolute Gasteiger partial charge is 0.508 e. The lowest BCUT2D eigenvalue weighted by Gasteiger charge is -2.21. The number of nitrogens with one attached hydrogen (secondary N) is 1. The van der Waals surface area contributed by atoms with Gasteiger partial charge in [-0.15, -0.1) is 0 Å². The van der Waals surface area contributed by atoms with Gasteiger partial charge < -0.3 is 10.4 Å². The highest BCUT2D eigenvalue weighted by Gasteiger charge is 2.15. The van der Waals surface area contributed by atoms with E-state index < -0.39 is 0 Å². The first-order valence-electron chi connectivity index (χ1n) is 6.12. The number of benzene rings is 2. The number of anilines is 1. The average Bonchev–Trinajstić information content (AvgIpc) is 2.40. The van der Waals surface area contributed by atoms with Crippen LogP contribution in [0.3, 0.4) is 0 Å². The van der Waals surface area contributed by atoms with E-state index in [1.54, 1.807) is 30.3 Å². The van der Waals surface area contributed by atoms with Crippen LogP contribution >= 0.6 is 23.2 Å². The van der Waals surface area contributed by atoms with Crippen molar-refractivity contribution >= 4 is 28.9 Å². The summed E-state index contributed by atoms with van der Waals surface area (Å²) in [7, 11) is 0. The highest BCUT2D eigenvalue weighted by atomic mass is 35.5. The Morgan fingerprint density at radius 1 is 1.05 bits per heavy atom. The molecule has 0 aliphatic rings. The molecule has 0 heterocycles. The van der Waals surface area contributed by atoms with E-state index in [9.17, 15) is 5.11 Å². The molecule has 4 heteroatoms. The van der Waals surface area contributed by atoms with Crippen LogP contribution in [-0.2, 0) is 0 Å². The maximum absolute atomic E-state index is 9.92. The number of aromatic hydroxyl groups is 1. The van der Waals surface area contributed by atoms with Crippen molar-refractivity contribution in [3.63, 3.8) is 0 Å². The van der Waals surface area contributed by atoms with Gasteiger partial charge in [0.25, 0.3) is 0 Å². The maximum Gasteiger partial charge on any atom is 0.120 e. The third-order valence-corrected chi connectivity index (χ3v) is 3.63. The van der Waals surface area contributed by atoms with Crippen molar-refractivity contribution in [2.75, 3.05) is 5.32 Å². The molecule has 2 nitrogen and oxygen atoms in total. The number of hydrogen-bond donors (Lipinski definition) is 2. The first-order chi connectivity index (χ1) is 9.13. The third kappa shape index (κ3) is 3.14. The molecule has 0 aliphatic carbocycles. The highest BCUT2D eigenvalue weighted by Crippen LogP contribution is 2.35. The zero-order valence-corrected chi connectivity index (χ0v) is 12.0. The second-order valence-corrected chi connectivity index (χ2v) is 5.08. The fourth-order valence-corrected chi connectivity index (χ4v) is 2.50. The minimum Gasteiger partial charge on any atom is -0.508 e. The lowest BCUT2D eigenvalue weighted by atomic mass is 10.0. The first-order valence-corrected chi connectivity index (χ1v) is 6.87. The first kappa shape index (κ1) is 14.0. The molecule has 0 saturated heterocycles. The third-order valence-electron chi connectivity index (χ3n) is 3.00. The van der Waals surface area contributed by atoms with Crippen LogP contribution in [0.1, 0.15) is 24.9 Å². The average molecular weight is 296 g/mol. The summed E-state index contributed by atoms with van der Waals surface area (Å²) in [5, 5.41) is 14.4. The zero-order valence-electron chi connectivity index (χ0n) is 10.5. The second kappa shape index (κ2) is 6.18. The lowest BCUT2D eigenvalue weighted by molar-refractivity contribution is 0.463. The summed E-state index contributed by atoms with van der Waals surface area (Å²) >= 11 is 12.3. The fraction of sp³-hybridized carbons (Fsp3) is 0.200. The Kier molecular flexibility index (Phi) is 4.56. The van der Waals surface area contributed by atoms with Gasteiger partial charge in [0.2, 0.25) is 0 Å². The van der Waals surface area contributed by atoms with Gasteiger partial charge in [0.05, 0.1) is 21.8 Å².